The lowest BCUT2D eigenvalue weighted by Gasteiger charge is -2.06. The average Bonchev–Trinajstić information content (AvgIpc) is 2.83. The second kappa shape index (κ2) is 6.52. The smallest absolute Gasteiger partial charge is 0.131 e. The van der Waals surface area contributed by atoms with Gasteiger partial charge in [0.1, 0.15) is 17.4 Å². The Morgan fingerprint density at radius 1 is 1.33 bits per heavy atom. The molecule has 0 amide bonds. The van der Waals surface area contributed by atoms with Crippen LogP contribution in [0.4, 0.5) is 0 Å². The minimum Gasteiger partial charge on any atom is -0.487 e. The van der Waals surface area contributed by atoms with Crippen molar-refractivity contribution in [1.82, 2.24) is 10.3 Å². The monoisotopic (exact) mass is 262 g/mol. The van der Waals surface area contributed by atoms with Crippen LogP contribution in [0.3, 0.4) is 0 Å². The molecule has 0 atom stereocenters. The SMILES string of the molecule is CCNCc1nc(COc2ccccc2C)cs1. The molecule has 0 fully saturated rings. The van der Waals surface area contributed by atoms with Crippen molar-refractivity contribution in [3.8, 4) is 5.75 Å². The number of nitrogens with zero attached hydrogens (tertiary/aromatic N) is 1. The van der Waals surface area contributed by atoms with Crippen LogP contribution >= 0.6 is 11.3 Å². The number of para-hydroxylation sites is 1. The van der Waals surface area contributed by atoms with Gasteiger partial charge in [-0.05, 0) is 25.1 Å². The van der Waals surface area contributed by atoms with Gasteiger partial charge in [0.05, 0.1) is 5.69 Å². The van der Waals surface area contributed by atoms with Crippen LogP contribution in [0.2, 0.25) is 0 Å². The summed E-state index contributed by atoms with van der Waals surface area (Å²) in [4.78, 5) is 4.52. The highest BCUT2D eigenvalue weighted by atomic mass is 32.1. The van der Waals surface area contributed by atoms with E-state index >= 15 is 0 Å². The fourth-order valence-electron chi connectivity index (χ4n) is 1.60. The van der Waals surface area contributed by atoms with Crippen molar-refractivity contribution in [2.45, 2.75) is 27.0 Å². The first kappa shape index (κ1) is 13.1. The molecular formula is C14H18N2OS. The van der Waals surface area contributed by atoms with Crippen molar-refractivity contribution in [2.75, 3.05) is 6.54 Å². The predicted octanol–water partition coefficient (Wildman–Crippen LogP) is 3.14. The zero-order valence-electron chi connectivity index (χ0n) is 10.8. The minimum atomic E-state index is 0.535. The van der Waals surface area contributed by atoms with Gasteiger partial charge < -0.3 is 10.1 Å². The number of aryl methyl sites for hydroxylation is 1. The topological polar surface area (TPSA) is 34.2 Å². The summed E-state index contributed by atoms with van der Waals surface area (Å²) in [6.07, 6.45) is 0. The van der Waals surface area contributed by atoms with Crippen LogP contribution in [0.25, 0.3) is 0 Å². The van der Waals surface area contributed by atoms with Gasteiger partial charge in [-0.3, -0.25) is 0 Å². The highest BCUT2D eigenvalue weighted by Gasteiger charge is 2.03. The van der Waals surface area contributed by atoms with Crippen molar-refractivity contribution >= 4 is 11.3 Å². The van der Waals surface area contributed by atoms with Gasteiger partial charge in [0, 0.05) is 11.9 Å². The molecule has 0 radical (unpaired) electrons. The number of benzene rings is 1. The van der Waals surface area contributed by atoms with Crippen LogP contribution in [-0.4, -0.2) is 11.5 Å². The van der Waals surface area contributed by atoms with Gasteiger partial charge in [-0.2, -0.15) is 0 Å². The minimum absolute atomic E-state index is 0.535. The first-order chi connectivity index (χ1) is 8.79. The van der Waals surface area contributed by atoms with E-state index < -0.39 is 0 Å². The van der Waals surface area contributed by atoms with Gasteiger partial charge >= 0.3 is 0 Å². The molecular weight excluding hydrogens is 244 g/mol. The third kappa shape index (κ3) is 3.55. The molecule has 0 unspecified atom stereocenters. The maximum Gasteiger partial charge on any atom is 0.131 e. The van der Waals surface area contributed by atoms with Crippen molar-refractivity contribution < 1.29 is 4.74 Å². The van der Waals surface area contributed by atoms with E-state index in [-0.39, 0.29) is 0 Å². The molecule has 0 saturated carbocycles. The zero-order valence-corrected chi connectivity index (χ0v) is 11.6. The van der Waals surface area contributed by atoms with E-state index in [0.717, 1.165) is 35.1 Å². The number of nitrogens with one attached hydrogen (secondary N) is 1. The van der Waals surface area contributed by atoms with Gasteiger partial charge in [0.15, 0.2) is 0 Å². The second-order valence-corrected chi connectivity index (χ2v) is 5.01. The fraction of sp³-hybridized carbons (Fsp3) is 0.357. The summed E-state index contributed by atoms with van der Waals surface area (Å²) in [5.74, 6) is 0.929. The Balaban J connectivity index is 1.90. The van der Waals surface area contributed by atoms with Crippen LogP contribution in [0, 0.1) is 6.92 Å². The molecule has 4 heteroatoms. The Labute approximate surface area is 112 Å². The van der Waals surface area contributed by atoms with Crippen molar-refractivity contribution in [1.29, 1.82) is 0 Å². The Bertz CT molecular complexity index is 496. The van der Waals surface area contributed by atoms with Crippen LogP contribution < -0.4 is 10.1 Å². The average molecular weight is 262 g/mol. The lowest BCUT2D eigenvalue weighted by atomic mass is 10.2. The Morgan fingerprint density at radius 3 is 2.94 bits per heavy atom. The molecule has 3 nitrogen and oxygen atoms in total. The van der Waals surface area contributed by atoms with E-state index in [4.69, 9.17) is 4.74 Å². The van der Waals surface area contributed by atoms with E-state index in [1.54, 1.807) is 11.3 Å². The standard InChI is InChI=1S/C14H18N2OS/c1-3-15-8-14-16-12(10-18-14)9-17-13-7-5-4-6-11(13)2/h4-7,10,15H,3,8-9H2,1-2H3. The number of hydrogen-bond acceptors (Lipinski definition) is 4. The second-order valence-electron chi connectivity index (χ2n) is 4.07. The molecule has 0 spiro atoms. The summed E-state index contributed by atoms with van der Waals surface area (Å²) < 4.78 is 5.76. The van der Waals surface area contributed by atoms with E-state index in [1.165, 1.54) is 0 Å². The number of hydrogen-bond donors (Lipinski definition) is 1. The van der Waals surface area contributed by atoms with Gasteiger partial charge in [-0.15, -0.1) is 11.3 Å². The fourth-order valence-corrected chi connectivity index (χ4v) is 2.35. The number of thiazole rings is 1. The number of ether oxygens (including phenoxy) is 1. The molecule has 1 heterocycles. The van der Waals surface area contributed by atoms with Crippen molar-refractivity contribution in [3.05, 3.63) is 45.9 Å². The molecule has 2 rings (SSSR count). The third-order valence-electron chi connectivity index (χ3n) is 2.59. The summed E-state index contributed by atoms with van der Waals surface area (Å²) in [7, 11) is 0. The molecule has 0 aliphatic heterocycles. The molecule has 0 aliphatic rings. The molecule has 2 aromatic rings. The van der Waals surface area contributed by atoms with E-state index in [1.807, 2.05) is 31.2 Å². The maximum atomic E-state index is 5.76. The predicted molar refractivity (Wildman–Crippen MR) is 75.0 cm³/mol. The van der Waals surface area contributed by atoms with Crippen LogP contribution in [-0.2, 0) is 13.2 Å². The quantitative estimate of drug-likeness (QED) is 0.868. The van der Waals surface area contributed by atoms with Gasteiger partial charge in [0.25, 0.3) is 0 Å². The maximum absolute atomic E-state index is 5.76. The summed E-state index contributed by atoms with van der Waals surface area (Å²) in [6, 6.07) is 8.04. The summed E-state index contributed by atoms with van der Waals surface area (Å²) in [6.45, 7) is 6.48. The Morgan fingerprint density at radius 2 is 2.17 bits per heavy atom. The lowest BCUT2D eigenvalue weighted by Crippen LogP contribution is -2.11. The lowest BCUT2D eigenvalue weighted by molar-refractivity contribution is 0.300. The van der Waals surface area contributed by atoms with Crippen molar-refractivity contribution in [2.24, 2.45) is 0 Å². The molecule has 1 N–H and O–H groups in total. The molecule has 1 aromatic heterocycles. The van der Waals surface area contributed by atoms with E-state index in [9.17, 15) is 0 Å². The molecule has 0 aliphatic carbocycles. The first-order valence-electron chi connectivity index (χ1n) is 6.12. The Kier molecular flexibility index (Phi) is 4.73. The Hall–Kier alpha value is -1.39. The number of rotatable bonds is 6. The van der Waals surface area contributed by atoms with Gasteiger partial charge in [-0.1, -0.05) is 25.1 Å². The van der Waals surface area contributed by atoms with Crippen LogP contribution in [0.15, 0.2) is 29.6 Å². The van der Waals surface area contributed by atoms with Crippen LogP contribution in [0.1, 0.15) is 23.2 Å². The van der Waals surface area contributed by atoms with Crippen LogP contribution in [0.5, 0.6) is 5.75 Å². The molecule has 1 aromatic carbocycles. The van der Waals surface area contributed by atoms with Gasteiger partial charge in [-0.25, -0.2) is 4.98 Å². The van der Waals surface area contributed by atoms with E-state index in [0.29, 0.717) is 6.61 Å². The molecule has 18 heavy (non-hydrogen) atoms. The molecule has 0 saturated heterocycles. The van der Waals surface area contributed by atoms with E-state index in [2.05, 4.69) is 22.6 Å². The molecule has 0 bridgehead atoms. The summed E-state index contributed by atoms with van der Waals surface area (Å²) in [5.41, 5.74) is 2.15. The number of aromatic nitrogens is 1. The highest BCUT2D eigenvalue weighted by molar-refractivity contribution is 7.09. The summed E-state index contributed by atoms with van der Waals surface area (Å²) in [5, 5.41) is 6.44. The molecule has 96 valence electrons. The summed E-state index contributed by atoms with van der Waals surface area (Å²) >= 11 is 1.68. The largest absolute Gasteiger partial charge is 0.487 e. The zero-order chi connectivity index (χ0) is 12.8. The van der Waals surface area contributed by atoms with Crippen molar-refractivity contribution in [3.63, 3.8) is 0 Å². The first-order valence-corrected chi connectivity index (χ1v) is 7.00. The third-order valence-corrected chi connectivity index (χ3v) is 3.49. The van der Waals surface area contributed by atoms with Gasteiger partial charge in [0.2, 0.25) is 0 Å². The normalized spacial score (nSPS) is 10.6. The highest BCUT2D eigenvalue weighted by Crippen LogP contribution is 2.18.